The molecule has 2 rings (SSSR count). The van der Waals surface area contributed by atoms with E-state index in [0.29, 0.717) is 17.9 Å². The second kappa shape index (κ2) is 8.75. The van der Waals surface area contributed by atoms with Crippen molar-refractivity contribution in [1.82, 2.24) is 4.98 Å². The van der Waals surface area contributed by atoms with E-state index in [9.17, 15) is 0 Å². The number of benzene rings is 1. The van der Waals surface area contributed by atoms with Gasteiger partial charge < -0.3 is 9.47 Å². The van der Waals surface area contributed by atoms with Crippen molar-refractivity contribution < 1.29 is 9.47 Å². The second-order valence-corrected chi connectivity index (χ2v) is 5.72. The summed E-state index contributed by atoms with van der Waals surface area (Å²) in [6.07, 6.45) is 9.42. The normalized spacial score (nSPS) is 10.4. The van der Waals surface area contributed by atoms with E-state index in [2.05, 4.69) is 28.0 Å². The van der Waals surface area contributed by atoms with Gasteiger partial charge in [-0.3, -0.25) is 5.43 Å². The number of aryl methyl sites for hydroxylation is 1. The molecule has 124 valence electrons. The zero-order valence-corrected chi connectivity index (χ0v) is 14.5. The number of ether oxygens (including phenoxy) is 2. The minimum Gasteiger partial charge on any atom is -0.493 e. The molecule has 0 saturated heterocycles. The molecule has 0 radical (unpaired) electrons. The molecule has 1 aromatic heterocycles. The van der Waals surface area contributed by atoms with E-state index in [-0.39, 0.29) is 6.61 Å². The fourth-order valence-electron chi connectivity index (χ4n) is 2.06. The molecule has 0 aliphatic carbocycles. The Labute approximate surface area is 146 Å². The van der Waals surface area contributed by atoms with Crippen LogP contribution in [0.1, 0.15) is 16.8 Å². The third kappa shape index (κ3) is 4.61. The molecule has 0 aliphatic heterocycles. The molecule has 0 saturated carbocycles. The van der Waals surface area contributed by atoms with Crippen LogP contribution >= 0.6 is 11.3 Å². The smallest absolute Gasteiger partial charge is 0.203 e. The lowest BCUT2D eigenvalue weighted by Crippen LogP contribution is -2.02. The van der Waals surface area contributed by atoms with Crippen LogP contribution < -0.4 is 14.9 Å². The quantitative estimate of drug-likeness (QED) is 0.345. The first kappa shape index (κ1) is 17.6. The van der Waals surface area contributed by atoms with E-state index in [1.54, 1.807) is 19.4 Å². The number of aromatic nitrogens is 1. The molecule has 0 atom stereocenters. The Morgan fingerprint density at radius 3 is 2.96 bits per heavy atom. The second-order valence-electron chi connectivity index (χ2n) is 4.86. The molecular weight excluding hydrogens is 322 g/mol. The number of nitrogens with one attached hydrogen (secondary N) is 1. The topological polar surface area (TPSA) is 55.7 Å². The van der Waals surface area contributed by atoms with E-state index in [0.717, 1.165) is 22.0 Å². The van der Waals surface area contributed by atoms with Crippen molar-refractivity contribution in [3.63, 3.8) is 0 Å². The van der Waals surface area contributed by atoms with Gasteiger partial charge in [0.15, 0.2) is 11.5 Å². The van der Waals surface area contributed by atoms with Crippen LogP contribution in [-0.4, -0.2) is 24.9 Å². The highest BCUT2D eigenvalue weighted by molar-refractivity contribution is 7.13. The monoisotopic (exact) mass is 341 g/mol. The molecule has 2 aromatic rings. The zero-order chi connectivity index (χ0) is 17.4. The van der Waals surface area contributed by atoms with Gasteiger partial charge in [-0.15, -0.1) is 24.3 Å². The van der Waals surface area contributed by atoms with Gasteiger partial charge in [0.2, 0.25) is 5.13 Å². The molecule has 0 fully saturated rings. The Morgan fingerprint density at radius 1 is 1.50 bits per heavy atom. The van der Waals surface area contributed by atoms with Crippen molar-refractivity contribution >= 4 is 22.7 Å². The molecule has 1 N–H and O–H groups in total. The predicted molar refractivity (Wildman–Crippen MR) is 99.3 cm³/mol. The van der Waals surface area contributed by atoms with Crippen LogP contribution in [0.2, 0.25) is 0 Å². The van der Waals surface area contributed by atoms with Crippen molar-refractivity contribution in [3.05, 3.63) is 47.0 Å². The Balaban J connectivity index is 2.24. The van der Waals surface area contributed by atoms with Crippen LogP contribution in [0, 0.1) is 19.3 Å². The van der Waals surface area contributed by atoms with E-state index >= 15 is 0 Å². The van der Waals surface area contributed by atoms with Gasteiger partial charge in [0.1, 0.15) is 6.61 Å². The van der Waals surface area contributed by atoms with Crippen LogP contribution in [-0.2, 0) is 6.42 Å². The van der Waals surface area contributed by atoms with Gasteiger partial charge >= 0.3 is 0 Å². The first-order valence-electron chi connectivity index (χ1n) is 7.27. The van der Waals surface area contributed by atoms with Crippen LogP contribution in [0.25, 0.3) is 0 Å². The summed E-state index contributed by atoms with van der Waals surface area (Å²) in [7, 11) is 1.59. The Morgan fingerprint density at radius 2 is 2.33 bits per heavy atom. The maximum Gasteiger partial charge on any atom is 0.203 e. The summed E-state index contributed by atoms with van der Waals surface area (Å²) in [6.45, 7) is 5.89. The number of allylic oxidation sites excluding steroid dienone is 1. The number of methoxy groups -OCH3 is 1. The van der Waals surface area contributed by atoms with Crippen molar-refractivity contribution in [2.24, 2.45) is 5.10 Å². The van der Waals surface area contributed by atoms with Crippen molar-refractivity contribution in [2.75, 3.05) is 19.1 Å². The number of hydrogen-bond acceptors (Lipinski definition) is 6. The molecule has 1 heterocycles. The fraction of sp³-hybridized carbons (Fsp3) is 0.222. The fourth-order valence-corrected chi connectivity index (χ4v) is 2.70. The molecular formula is C18H19N3O2S. The number of nitrogens with zero attached hydrogens (tertiary/aromatic N) is 2. The summed E-state index contributed by atoms with van der Waals surface area (Å²) in [5.74, 6) is 3.70. The molecule has 24 heavy (non-hydrogen) atoms. The Hall–Kier alpha value is -2.78. The molecule has 1 aromatic carbocycles. The zero-order valence-electron chi connectivity index (χ0n) is 13.7. The van der Waals surface area contributed by atoms with Crippen LogP contribution in [0.15, 0.2) is 35.3 Å². The van der Waals surface area contributed by atoms with Gasteiger partial charge in [0.05, 0.1) is 19.0 Å². The first-order valence-corrected chi connectivity index (χ1v) is 8.15. The van der Waals surface area contributed by atoms with Crippen molar-refractivity contribution in [1.29, 1.82) is 0 Å². The van der Waals surface area contributed by atoms with Crippen LogP contribution in [0.4, 0.5) is 5.13 Å². The van der Waals surface area contributed by atoms with Gasteiger partial charge in [0, 0.05) is 10.9 Å². The van der Waals surface area contributed by atoms with E-state index in [1.165, 1.54) is 11.3 Å². The highest BCUT2D eigenvalue weighted by Gasteiger charge is 2.12. The standard InChI is InChI=1S/C18H19N3O2S/c1-5-7-15-9-14(10-16(22-4)17(15)23-8-6-2)11-19-21-18-20-13(3)12-24-18/h2,5,9-12H,1,7-8H2,3-4H3,(H,20,21). The van der Waals surface area contributed by atoms with Gasteiger partial charge in [-0.05, 0) is 31.0 Å². The van der Waals surface area contributed by atoms with E-state index < -0.39 is 0 Å². The summed E-state index contributed by atoms with van der Waals surface area (Å²) in [5, 5.41) is 6.92. The molecule has 0 aliphatic rings. The van der Waals surface area contributed by atoms with E-state index in [1.807, 2.05) is 24.4 Å². The van der Waals surface area contributed by atoms with Gasteiger partial charge in [-0.2, -0.15) is 5.10 Å². The number of thiazole rings is 1. The average molecular weight is 341 g/mol. The highest BCUT2D eigenvalue weighted by Crippen LogP contribution is 2.33. The van der Waals surface area contributed by atoms with Crippen molar-refractivity contribution in [3.8, 4) is 23.8 Å². The minimum atomic E-state index is 0.179. The molecule has 0 bridgehead atoms. The summed E-state index contributed by atoms with van der Waals surface area (Å²) in [4.78, 5) is 4.29. The maximum absolute atomic E-state index is 5.62. The number of terminal acetylenes is 1. The molecule has 6 heteroatoms. The van der Waals surface area contributed by atoms with Crippen molar-refractivity contribution in [2.45, 2.75) is 13.3 Å². The summed E-state index contributed by atoms with van der Waals surface area (Å²) in [5.41, 5.74) is 5.68. The summed E-state index contributed by atoms with van der Waals surface area (Å²) >= 11 is 1.50. The first-order chi connectivity index (χ1) is 11.7. The number of anilines is 1. The van der Waals surface area contributed by atoms with Gasteiger partial charge in [-0.1, -0.05) is 12.0 Å². The molecule has 0 unspecified atom stereocenters. The number of hydrogen-bond donors (Lipinski definition) is 1. The summed E-state index contributed by atoms with van der Waals surface area (Å²) < 4.78 is 11.0. The number of hydrazone groups is 1. The maximum atomic E-state index is 5.62. The molecule has 0 spiro atoms. The third-order valence-electron chi connectivity index (χ3n) is 3.03. The lowest BCUT2D eigenvalue weighted by atomic mass is 10.1. The lowest BCUT2D eigenvalue weighted by molar-refractivity contribution is 0.328. The molecule has 5 nitrogen and oxygen atoms in total. The Bertz CT molecular complexity index is 775. The predicted octanol–water partition coefficient (Wildman–Crippen LogP) is 3.65. The SMILES string of the molecule is C#CCOc1c(CC=C)cc(C=NNc2nc(C)cs2)cc1OC. The average Bonchev–Trinajstić information content (AvgIpc) is 2.99. The third-order valence-corrected chi connectivity index (χ3v) is 3.90. The minimum absolute atomic E-state index is 0.179. The van der Waals surface area contributed by atoms with Crippen LogP contribution in [0.3, 0.4) is 0 Å². The largest absolute Gasteiger partial charge is 0.493 e. The van der Waals surface area contributed by atoms with Gasteiger partial charge in [0.25, 0.3) is 0 Å². The Kier molecular flexibility index (Phi) is 6.41. The highest BCUT2D eigenvalue weighted by atomic mass is 32.1. The van der Waals surface area contributed by atoms with Crippen LogP contribution in [0.5, 0.6) is 11.5 Å². The summed E-state index contributed by atoms with van der Waals surface area (Å²) in [6, 6.07) is 3.81. The molecule has 0 amide bonds. The van der Waals surface area contributed by atoms with E-state index in [4.69, 9.17) is 15.9 Å². The van der Waals surface area contributed by atoms with Gasteiger partial charge in [-0.25, -0.2) is 4.98 Å². The number of rotatable bonds is 8. The lowest BCUT2D eigenvalue weighted by Gasteiger charge is -2.14.